The predicted molar refractivity (Wildman–Crippen MR) is 81.4 cm³/mol. The number of hydrogen-bond donors (Lipinski definition) is 0. The third kappa shape index (κ3) is 5.35. The smallest absolute Gasteiger partial charge is 0.119 e. The maximum Gasteiger partial charge on any atom is 0.119 e. The Morgan fingerprint density at radius 1 is 1.38 bits per heavy atom. The summed E-state index contributed by atoms with van der Waals surface area (Å²) >= 11 is 0. The molecule has 0 amide bonds. The lowest BCUT2D eigenvalue weighted by atomic mass is 10.2. The van der Waals surface area contributed by atoms with Crippen LogP contribution in [0, 0.1) is 11.3 Å². The number of morpholine rings is 1. The van der Waals surface area contributed by atoms with E-state index in [2.05, 4.69) is 30.0 Å². The number of nitrogens with zero attached hydrogens (tertiary/aromatic N) is 3. The number of rotatable bonds is 6. The first kappa shape index (κ1) is 15.8. The van der Waals surface area contributed by atoms with Gasteiger partial charge >= 0.3 is 0 Å². The van der Waals surface area contributed by atoms with Crippen LogP contribution in [0.3, 0.4) is 0 Å². The molecule has 0 N–H and O–H groups in total. The van der Waals surface area contributed by atoms with Crippen LogP contribution in [-0.4, -0.2) is 69.4 Å². The number of nitriles is 1. The topological polar surface area (TPSA) is 48.7 Å². The normalized spacial score (nSPS) is 19.4. The molecule has 0 radical (unpaired) electrons. The van der Waals surface area contributed by atoms with Gasteiger partial charge in [-0.2, -0.15) is 5.26 Å². The molecule has 5 heteroatoms. The SMILES string of the molecule is CN(C)CC1CN(CCOc2ccc(C#N)cc2)CCO1. The average molecular weight is 289 g/mol. The van der Waals surface area contributed by atoms with Crippen LogP contribution in [0.1, 0.15) is 5.56 Å². The van der Waals surface area contributed by atoms with Crippen molar-refractivity contribution in [1.29, 1.82) is 5.26 Å². The maximum atomic E-state index is 8.75. The Hall–Kier alpha value is -1.61. The van der Waals surface area contributed by atoms with Crippen LogP contribution in [0.25, 0.3) is 0 Å². The molecule has 1 aliphatic heterocycles. The summed E-state index contributed by atoms with van der Waals surface area (Å²) in [5.74, 6) is 0.812. The van der Waals surface area contributed by atoms with Crippen molar-refractivity contribution in [2.45, 2.75) is 6.10 Å². The molecule has 5 nitrogen and oxygen atoms in total. The van der Waals surface area contributed by atoms with Crippen molar-refractivity contribution in [3.05, 3.63) is 29.8 Å². The fourth-order valence-corrected chi connectivity index (χ4v) is 2.42. The summed E-state index contributed by atoms with van der Waals surface area (Å²) in [5.41, 5.74) is 0.655. The van der Waals surface area contributed by atoms with E-state index in [1.165, 1.54) is 0 Å². The molecule has 1 heterocycles. The summed E-state index contributed by atoms with van der Waals surface area (Å²) in [6.45, 7) is 5.20. The lowest BCUT2D eigenvalue weighted by molar-refractivity contribution is -0.0405. The number of likely N-dealkylation sites (N-methyl/N-ethyl adjacent to an activating group) is 1. The quantitative estimate of drug-likeness (QED) is 0.787. The molecule has 0 bridgehead atoms. The third-order valence-electron chi connectivity index (χ3n) is 3.45. The van der Waals surface area contributed by atoms with E-state index in [1.54, 1.807) is 12.1 Å². The van der Waals surface area contributed by atoms with Gasteiger partial charge in [0, 0.05) is 26.2 Å². The molecule has 0 saturated carbocycles. The Kier molecular flexibility index (Phi) is 6.00. The van der Waals surface area contributed by atoms with Crippen LogP contribution in [0.15, 0.2) is 24.3 Å². The van der Waals surface area contributed by atoms with Gasteiger partial charge in [-0.3, -0.25) is 4.90 Å². The zero-order valence-corrected chi connectivity index (χ0v) is 12.8. The minimum Gasteiger partial charge on any atom is -0.492 e. The fourth-order valence-electron chi connectivity index (χ4n) is 2.42. The van der Waals surface area contributed by atoms with Gasteiger partial charge in [-0.1, -0.05) is 0 Å². The molecule has 1 unspecified atom stereocenters. The van der Waals surface area contributed by atoms with Gasteiger partial charge in [0.2, 0.25) is 0 Å². The maximum absolute atomic E-state index is 8.75. The van der Waals surface area contributed by atoms with E-state index in [4.69, 9.17) is 14.7 Å². The summed E-state index contributed by atoms with van der Waals surface area (Å²) in [6, 6.07) is 9.33. The molecule has 21 heavy (non-hydrogen) atoms. The Balaban J connectivity index is 1.71. The summed E-state index contributed by atoms with van der Waals surface area (Å²) in [4.78, 5) is 4.53. The number of benzene rings is 1. The first-order chi connectivity index (χ1) is 10.2. The molecule has 0 aliphatic carbocycles. The van der Waals surface area contributed by atoms with Gasteiger partial charge in [0.05, 0.1) is 24.3 Å². The second kappa shape index (κ2) is 7.99. The molecule has 1 aliphatic rings. The third-order valence-corrected chi connectivity index (χ3v) is 3.45. The van der Waals surface area contributed by atoms with Gasteiger partial charge in [0.1, 0.15) is 12.4 Å². The summed E-state index contributed by atoms with van der Waals surface area (Å²) in [5, 5.41) is 8.75. The number of ether oxygens (including phenoxy) is 2. The van der Waals surface area contributed by atoms with Crippen molar-refractivity contribution >= 4 is 0 Å². The average Bonchev–Trinajstić information content (AvgIpc) is 2.48. The van der Waals surface area contributed by atoms with Crippen molar-refractivity contribution in [2.24, 2.45) is 0 Å². The van der Waals surface area contributed by atoms with E-state index in [-0.39, 0.29) is 6.10 Å². The van der Waals surface area contributed by atoms with Crippen molar-refractivity contribution in [3.8, 4) is 11.8 Å². The summed E-state index contributed by atoms with van der Waals surface area (Å²) in [7, 11) is 4.13. The van der Waals surface area contributed by atoms with Crippen molar-refractivity contribution < 1.29 is 9.47 Å². The molecule has 0 spiro atoms. The molecule has 1 fully saturated rings. The van der Waals surface area contributed by atoms with E-state index < -0.39 is 0 Å². The molecule has 1 atom stereocenters. The zero-order valence-electron chi connectivity index (χ0n) is 12.8. The highest BCUT2D eigenvalue weighted by Gasteiger charge is 2.20. The Morgan fingerprint density at radius 3 is 2.81 bits per heavy atom. The van der Waals surface area contributed by atoms with Gasteiger partial charge in [0.15, 0.2) is 0 Å². The second-order valence-electron chi connectivity index (χ2n) is 5.54. The fraction of sp³-hybridized carbons (Fsp3) is 0.562. The summed E-state index contributed by atoms with van der Waals surface area (Å²) < 4.78 is 11.5. The van der Waals surface area contributed by atoms with E-state index in [0.717, 1.165) is 38.5 Å². The second-order valence-corrected chi connectivity index (χ2v) is 5.54. The highest BCUT2D eigenvalue weighted by molar-refractivity contribution is 5.34. The van der Waals surface area contributed by atoms with Crippen LogP contribution in [-0.2, 0) is 4.74 Å². The Labute approximate surface area is 126 Å². The van der Waals surface area contributed by atoms with E-state index in [9.17, 15) is 0 Å². The van der Waals surface area contributed by atoms with Gasteiger partial charge in [-0.15, -0.1) is 0 Å². The highest BCUT2D eigenvalue weighted by Crippen LogP contribution is 2.12. The Morgan fingerprint density at radius 2 is 2.14 bits per heavy atom. The standard InChI is InChI=1S/C16H23N3O2/c1-18(2)12-16-13-19(8-10-21-16)7-9-20-15-5-3-14(11-17)4-6-15/h3-6,16H,7-10,12-13H2,1-2H3. The van der Waals surface area contributed by atoms with Gasteiger partial charge in [0.25, 0.3) is 0 Å². The van der Waals surface area contributed by atoms with Crippen LogP contribution >= 0.6 is 0 Å². The first-order valence-corrected chi connectivity index (χ1v) is 7.29. The first-order valence-electron chi connectivity index (χ1n) is 7.29. The largest absolute Gasteiger partial charge is 0.492 e. The molecular formula is C16H23N3O2. The van der Waals surface area contributed by atoms with E-state index in [0.29, 0.717) is 12.2 Å². The van der Waals surface area contributed by atoms with E-state index >= 15 is 0 Å². The predicted octanol–water partition coefficient (Wildman–Crippen LogP) is 1.20. The Bertz CT molecular complexity index is 467. The van der Waals surface area contributed by atoms with Gasteiger partial charge < -0.3 is 14.4 Å². The molecule has 1 saturated heterocycles. The van der Waals surface area contributed by atoms with Crippen molar-refractivity contribution in [2.75, 3.05) is 53.5 Å². The van der Waals surface area contributed by atoms with Crippen LogP contribution < -0.4 is 4.74 Å². The molecular weight excluding hydrogens is 266 g/mol. The molecule has 114 valence electrons. The van der Waals surface area contributed by atoms with Crippen LogP contribution in [0.2, 0.25) is 0 Å². The van der Waals surface area contributed by atoms with Crippen LogP contribution in [0.5, 0.6) is 5.75 Å². The molecule has 1 aromatic rings. The monoisotopic (exact) mass is 289 g/mol. The van der Waals surface area contributed by atoms with Gasteiger partial charge in [-0.25, -0.2) is 0 Å². The number of hydrogen-bond acceptors (Lipinski definition) is 5. The van der Waals surface area contributed by atoms with Crippen molar-refractivity contribution in [1.82, 2.24) is 9.80 Å². The molecule has 0 aromatic heterocycles. The lowest BCUT2D eigenvalue weighted by Gasteiger charge is -2.34. The summed E-state index contributed by atoms with van der Waals surface area (Å²) in [6.07, 6.45) is 0.281. The zero-order chi connectivity index (χ0) is 15.1. The van der Waals surface area contributed by atoms with E-state index in [1.807, 2.05) is 12.1 Å². The minimum atomic E-state index is 0.281. The van der Waals surface area contributed by atoms with Gasteiger partial charge in [-0.05, 0) is 38.4 Å². The minimum absolute atomic E-state index is 0.281. The highest BCUT2D eigenvalue weighted by atomic mass is 16.5. The lowest BCUT2D eigenvalue weighted by Crippen LogP contribution is -2.47. The van der Waals surface area contributed by atoms with Crippen molar-refractivity contribution in [3.63, 3.8) is 0 Å². The molecule has 1 aromatic carbocycles. The van der Waals surface area contributed by atoms with Crippen LogP contribution in [0.4, 0.5) is 0 Å². The molecule has 2 rings (SSSR count).